The van der Waals surface area contributed by atoms with E-state index in [0.29, 0.717) is 5.82 Å². The highest BCUT2D eigenvalue weighted by Crippen LogP contribution is 2.16. The molecule has 0 aliphatic rings. The second-order valence-electron chi connectivity index (χ2n) is 3.52. The summed E-state index contributed by atoms with van der Waals surface area (Å²) in [5.74, 6) is 0.183. The first-order chi connectivity index (χ1) is 7.52. The first-order valence-corrected chi connectivity index (χ1v) is 5.79. The van der Waals surface area contributed by atoms with E-state index in [4.69, 9.17) is 23.2 Å². The van der Waals surface area contributed by atoms with E-state index in [1.54, 1.807) is 0 Å². The molecule has 1 unspecified atom stereocenters. The molecule has 1 aromatic rings. The van der Waals surface area contributed by atoms with Crippen LogP contribution in [0.25, 0.3) is 0 Å². The maximum atomic E-state index is 11.7. The number of rotatable bonds is 4. The second-order valence-corrected chi connectivity index (χ2v) is 4.25. The number of amides is 1. The summed E-state index contributed by atoms with van der Waals surface area (Å²) in [7, 11) is 0. The molecular weight excluding hydrogens is 249 g/mol. The van der Waals surface area contributed by atoms with Gasteiger partial charge in [-0.05, 0) is 18.0 Å². The van der Waals surface area contributed by atoms with Crippen molar-refractivity contribution in [3.8, 4) is 0 Å². The van der Waals surface area contributed by atoms with Crippen molar-refractivity contribution >= 4 is 34.9 Å². The van der Waals surface area contributed by atoms with Crippen LogP contribution in [-0.2, 0) is 4.79 Å². The van der Waals surface area contributed by atoms with Crippen molar-refractivity contribution in [3.05, 3.63) is 16.5 Å². The molecule has 0 aliphatic carbocycles. The number of anilines is 1. The average molecular weight is 262 g/mol. The Morgan fingerprint density at radius 1 is 1.50 bits per heavy atom. The fraction of sp³-hybridized carbons (Fsp3) is 0.500. The zero-order chi connectivity index (χ0) is 12.1. The molecule has 88 valence electrons. The number of nitrogens with zero attached hydrogens (tertiary/aromatic N) is 2. The Morgan fingerprint density at radius 3 is 2.75 bits per heavy atom. The lowest BCUT2D eigenvalue weighted by Crippen LogP contribution is -2.20. The van der Waals surface area contributed by atoms with Gasteiger partial charge in [-0.3, -0.25) is 4.79 Å². The van der Waals surface area contributed by atoms with E-state index < -0.39 is 0 Å². The van der Waals surface area contributed by atoms with Gasteiger partial charge in [-0.25, -0.2) is 9.97 Å². The van der Waals surface area contributed by atoms with Gasteiger partial charge in [0.05, 0.1) is 0 Å². The van der Waals surface area contributed by atoms with Crippen molar-refractivity contribution < 1.29 is 4.79 Å². The number of nitrogens with one attached hydrogen (secondary N) is 1. The maximum Gasteiger partial charge on any atom is 0.228 e. The summed E-state index contributed by atoms with van der Waals surface area (Å²) >= 11 is 11.3. The van der Waals surface area contributed by atoms with Gasteiger partial charge in [0.1, 0.15) is 11.0 Å². The molecule has 0 saturated heterocycles. The summed E-state index contributed by atoms with van der Waals surface area (Å²) < 4.78 is 0. The molecule has 1 aromatic heterocycles. The predicted molar refractivity (Wildman–Crippen MR) is 64.8 cm³/mol. The highest BCUT2D eigenvalue weighted by Gasteiger charge is 2.13. The standard InChI is InChI=1S/C10H13Cl2N3O/c1-3-4-6(2)9(16)14-8-5-7(11)13-10(12)15-8/h5-6H,3-4H2,1-2H3,(H,13,14,15,16). The molecule has 1 amide bonds. The van der Waals surface area contributed by atoms with E-state index in [0.717, 1.165) is 12.8 Å². The van der Waals surface area contributed by atoms with Crippen LogP contribution in [0.2, 0.25) is 10.4 Å². The first kappa shape index (κ1) is 13.2. The summed E-state index contributed by atoms with van der Waals surface area (Å²) in [4.78, 5) is 19.2. The zero-order valence-electron chi connectivity index (χ0n) is 9.13. The molecule has 1 N–H and O–H groups in total. The van der Waals surface area contributed by atoms with Crippen LogP contribution in [0.3, 0.4) is 0 Å². The molecule has 0 fully saturated rings. The van der Waals surface area contributed by atoms with Crippen LogP contribution in [-0.4, -0.2) is 15.9 Å². The summed E-state index contributed by atoms with van der Waals surface area (Å²) in [6, 6.07) is 1.46. The Labute approximate surface area is 104 Å². The van der Waals surface area contributed by atoms with Crippen molar-refractivity contribution in [2.24, 2.45) is 5.92 Å². The van der Waals surface area contributed by atoms with Crippen molar-refractivity contribution in [1.29, 1.82) is 0 Å². The summed E-state index contributed by atoms with van der Waals surface area (Å²) in [5.41, 5.74) is 0. The number of carbonyl (C=O) groups excluding carboxylic acids is 1. The minimum atomic E-state index is -0.0901. The van der Waals surface area contributed by atoms with Crippen LogP contribution in [0, 0.1) is 5.92 Å². The summed E-state index contributed by atoms with van der Waals surface area (Å²) in [5, 5.41) is 2.88. The molecule has 0 aromatic carbocycles. The lowest BCUT2D eigenvalue weighted by Gasteiger charge is -2.10. The van der Waals surface area contributed by atoms with Gasteiger partial charge in [-0.2, -0.15) is 0 Å². The van der Waals surface area contributed by atoms with E-state index in [1.807, 2.05) is 13.8 Å². The Kier molecular flexibility index (Phi) is 4.96. The van der Waals surface area contributed by atoms with Gasteiger partial charge in [-0.15, -0.1) is 0 Å². The van der Waals surface area contributed by atoms with E-state index in [1.165, 1.54) is 6.07 Å². The van der Waals surface area contributed by atoms with Gasteiger partial charge >= 0.3 is 0 Å². The molecule has 1 rings (SSSR count). The van der Waals surface area contributed by atoms with Crippen LogP contribution in [0.1, 0.15) is 26.7 Å². The van der Waals surface area contributed by atoms with Gasteiger partial charge in [0.2, 0.25) is 11.2 Å². The molecule has 0 bridgehead atoms. The lowest BCUT2D eigenvalue weighted by atomic mass is 10.1. The molecule has 6 heteroatoms. The van der Waals surface area contributed by atoms with Gasteiger partial charge in [0.25, 0.3) is 0 Å². The van der Waals surface area contributed by atoms with Gasteiger partial charge in [0.15, 0.2) is 0 Å². The topological polar surface area (TPSA) is 54.9 Å². The highest BCUT2D eigenvalue weighted by molar-refractivity contribution is 6.32. The van der Waals surface area contributed by atoms with Gasteiger partial charge in [-0.1, -0.05) is 31.9 Å². The number of hydrogen-bond donors (Lipinski definition) is 1. The third-order valence-electron chi connectivity index (χ3n) is 2.09. The lowest BCUT2D eigenvalue weighted by molar-refractivity contribution is -0.119. The Bertz CT molecular complexity index is 364. The molecule has 1 heterocycles. The number of halogens is 2. The van der Waals surface area contributed by atoms with Crippen LogP contribution in [0.15, 0.2) is 6.07 Å². The molecule has 0 radical (unpaired) electrons. The van der Waals surface area contributed by atoms with Gasteiger partial charge in [0, 0.05) is 12.0 Å². The van der Waals surface area contributed by atoms with E-state index in [-0.39, 0.29) is 22.3 Å². The number of carbonyl (C=O) groups is 1. The van der Waals surface area contributed by atoms with Crippen LogP contribution < -0.4 is 5.32 Å². The molecular formula is C10H13Cl2N3O. The molecule has 16 heavy (non-hydrogen) atoms. The van der Waals surface area contributed by atoms with E-state index >= 15 is 0 Å². The third kappa shape index (κ3) is 3.94. The summed E-state index contributed by atoms with van der Waals surface area (Å²) in [6.45, 7) is 3.89. The molecule has 0 aliphatic heterocycles. The number of aromatic nitrogens is 2. The molecule has 0 saturated carbocycles. The van der Waals surface area contributed by atoms with Crippen molar-refractivity contribution in [1.82, 2.24) is 9.97 Å². The molecule has 4 nitrogen and oxygen atoms in total. The van der Waals surface area contributed by atoms with Crippen molar-refractivity contribution in [2.75, 3.05) is 5.32 Å². The highest BCUT2D eigenvalue weighted by atomic mass is 35.5. The van der Waals surface area contributed by atoms with Crippen LogP contribution >= 0.6 is 23.2 Å². The van der Waals surface area contributed by atoms with Crippen molar-refractivity contribution in [3.63, 3.8) is 0 Å². The predicted octanol–water partition coefficient (Wildman–Crippen LogP) is 3.16. The Morgan fingerprint density at radius 2 is 2.19 bits per heavy atom. The minimum Gasteiger partial charge on any atom is -0.310 e. The second kappa shape index (κ2) is 6.01. The van der Waals surface area contributed by atoms with Crippen molar-refractivity contribution in [2.45, 2.75) is 26.7 Å². The average Bonchev–Trinajstić information content (AvgIpc) is 2.16. The van der Waals surface area contributed by atoms with Crippen LogP contribution in [0.5, 0.6) is 0 Å². The smallest absolute Gasteiger partial charge is 0.228 e. The minimum absolute atomic E-state index is 0.0194. The SMILES string of the molecule is CCCC(C)C(=O)Nc1cc(Cl)nc(Cl)n1. The summed E-state index contributed by atoms with van der Waals surface area (Å²) in [6.07, 6.45) is 1.79. The fourth-order valence-corrected chi connectivity index (χ4v) is 1.68. The largest absolute Gasteiger partial charge is 0.310 e. The molecule has 1 atom stereocenters. The fourth-order valence-electron chi connectivity index (χ4n) is 1.27. The van der Waals surface area contributed by atoms with Gasteiger partial charge < -0.3 is 5.32 Å². The third-order valence-corrected chi connectivity index (χ3v) is 2.45. The maximum absolute atomic E-state index is 11.7. The monoisotopic (exact) mass is 261 g/mol. The number of hydrogen-bond acceptors (Lipinski definition) is 3. The van der Waals surface area contributed by atoms with E-state index in [2.05, 4.69) is 15.3 Å². The Balaban J connectivity index is 2.69. The Hall–Kier alpha value is -0.870. The van der Waals surface area contributed by atoms with Crippen LogP contribution in [0.4, 0.5) is 5.82 Å². The molecule has 0 spiro atoms. The normalized spacial score (nSPS) is 12.2. The quantitative estimate of drug-likeness (QED) is 0.669. The first-order valence-electron chi connectivity index (χ1n) is 5.04. The zero-order valence-corrected chi connectivity index (χ0v) is 10.6. The van der Waals surface area contributed by atoms with E-state index in [9.17, 15) is 4.79 Å².